The second kappa shape index (κ2) is 7.38. The molecule has 0 atom stereocenters. The van der Waals surface area contributed by atoms with E-state index >= 15 is 0 Å². The van der Waals surface area contributed by atoms with Crippen molar-refractivity contribution >= 4 is 17.9 Å². The van der Waals surface area contributed by atoms with E-state index in [1.807, 2.05) is 44.2 Å². The van der Waals surface area contributed by atoms with Gasteiger partial charge in [-0.25, -0.2) is 9.48 Å². The van der Waals surface area contributed by atoms with Crippen LogP contribution in [0.2, 0.25) is 0 Å². The van der Waals surface area contributed by atoms with Crippen molar-refractivity contribution in [3.05, 3.63) is 47.3 Å². The Kier molecular flexibility index (Phi) is 5.01. The van der Waals surface area contributed by atoms with Gasteiger partial charge in [0.1, 0.15) is 0 Å². The molecule has 1 fully saturated rings. The fourth-order valence-corrected chi connectivity index (χ4v) is 2.88. The maximum atomic E-state index is 12.1. The summed E-state index contributed by atoms with van der Waals surface area (Å²) in [6, 6.07) is 9.16. The molecule has 3 rings (SSSR count). The topological polar surface area (TPSA) is 93.5 Å². The molecule has 1 saturated heterocycles. The third-order valence-electron chi connectivity index (χ3n) is 4.28. The molecule has 0 spiro atoms. The highest BCUT2D eigenvalue weighted by atomic mass is 16.5. The van der Waals surface area contributed by atoms with Crippen LogP contribution in [0.15, 0.2) is 30.3 Å². The van der Waals surface area contributed by atoms with Crippen LogP contribution in [-0.2, 0) is 20.7 Å². The molecule has 0 radical (unpaired) electrons. The van der Waals surface area contributed by atoms with Crippen molar-refractivity contribution < 1.29 is 19.1 Å². The SMILES string of the molecule is Cc1nn(-c2ccccc2)c(C)c1CC(=O)OCC(=O)N1CCNC1=O. The van der Waals surface area contributed by atoms with Gasteiger partial charge in [-0.3, -0.25) is 14.5 Å². The number of urea groups is 1. The van der Waals surface area contributed by atoms with Crippen molar-refractivity contribution in [3.63, 3.8) is 0 Å². The lowest BCUT2D eigenvalue weighted by Crippen LogP contribution is -2.37. The highest BCUT2D eigenvalue weighted by Crippen LogP contribution is 2.18. The summed E-state index contributed by atoms with van der Waals surface area (Å²) in [7, 11) is 0. The van der Waals surface area contributed by atoms with Crippen LogP contribution in [0, 0.1) is 13.8 Å². The Labute approximate surface area is 150 Å². The lowest BCUT2D eigenvalue weighted by Gasteiger charge is -2.12. The summed E-state index contributed by atoms with van der Waals surface area (Å²) < 4.78 is 6.82. The second-order valence-electron chi connectivity index (χ2n) is 6.01. The van der Waals surface area contributed by atoms with Crippen LogP contribution in [0.1, 0.15) is 17.0 Å². The van der Waals surface area contributed by atoms with Crippen molar-refractivity contribution in [2.45, 2.75) is 20.3 Å². The predicted molar refractivity (Wildman–Crippen MR) is 92.8 cm³/mol. The largest absolute Gasteiger partial charge is 0.455 e. The number of esters is 1. The first kappa shape index (κ1) is 17.7. The van der Waals surface area contributed by atoms with Crippen molar-refractivity contribution in [2.75, 3.05) is 19.7 Å². The fourth-order valence-electron chi connectivity index (χ4n) is 2.88. The number of para-hydroxylation sites is 1. The standard InChI is InChI=1S/C18H20N4O4/c1-12-15(13(2)22(20-12)14-6-4-3-5-7-14)10-17(24)26-11-16(23)21-9-8-19-18(21)25/h3-7H,8-11H2,1-2H3,(H,19,25). The first-order chi connectivity index (χ1) is 12.5. The zero-order chi connectivity index (χ0) is 18.7. The average molecular weight is 356 g/mol. The monoisotopic (exact) mass is 356 g/mol. The molecule has 1 aromatic carbocycles. The summed E-state index contributed by atoms with van der Waals surface area (Å²) in [5.41, 5.74) is 3.25. The molecule has 0 bridgehead atoms. The summed E-state index contributed by atoms with van der Waals surface area (Å²) >= 11 is 0. The molecular weight excluding hydrogens is 336 g/mol. The van der Waals surface area contributed by atoms with E-state index in [4.69, 9.17) is 4.74 Å². The Bertz CT molecular complexity index is 844. The van der Waals surface area contributed by atoms with Crippen LogP contribution in [-0.4, -0.2) is 52.3 Å². The van der Waals surface area contributed by atoms with E-state index in [-0.39, 0.29) is 13.0 Å². The van der Waals surface area contributed by atoms with Gasteiger partial charge in [0.05, 0.1) is 17.8 Å². The molecule has 26 heavy (non-hydrogen) atoms. The summed E-state index contributed by atoms with van der Waals surface area (Å²) in [5, 5.41) is 7.01. The number of hydrogen-bond acceptors (Lipinski definition) is 5. The number of rotatable bonds is 5. The van der Waals surface area contributed by atoms with Crippen LogP contribution >= 0.6 is 0 Å². The molecule has 3 amide bonds. The first-order valence-electron chi connectivity index (χ1n) is 8.31. The van der Waals surface area contributed by atoms with Crippen molar-refractivity contribution in [3.8, 4) is 5.69 Å². The number of nitrogens with zero attached hydrogens (tertiary/aromatic N) is 3. The minimum atomic E-state index is -0.531. The summed E-state index contributed by atoms with van der Waals surface area (Å²) in [6.07, 6.45) is 0.0178. The van der Waals surface area contributed by atoms with Crippen LogP contribution in [0.4, 0.5) is 4.79 Å². The number of aromatic nitrogens is 2. The minimum Gasteiger partial charge on any atom is -0.455 e. The fraction of sp³-hybridized carbons (Fsp3) is 0.333. The second-order valence-corrected chi connectivity index (χ2v) is 6.01. The Hall–Kier alpha value is -3.16. The van der Waals surface area contributed by atoms with Crippen molar-refractivity contribution in [2.24, 2.45) is 0 Å². The number of benzene rings is 1. The molecular formula is C18H20N4O4. The highest BCUT2D eigenvalue weighted by molar-refractivity contribution is 5.97. The van der Waals surface area contributed by atoms with Crippen LogP contribution in [0.5, 0.6) is 0 Å². The lowest BCUT2D eigenvalue weighted by molar-refractivity contribution is -0.150. The molecule has 8 heteroatoms. The maximum Gasteiger partial charge on any atom is 0.324 e. The summed E-state index contributed by atoms with van der Waals surface area (Å²) in [4.78, 5) is 36.5. The number of ether oxygens (including phenoxy) is 1. The van der Waals surface area contributed by atoms with Crippen molar-refractivity contribution in [1.29, 1.82) is 0 Å². The molecule has 1 aliphatic heterocycles. The quantitative estimate of drug-likeness (QED) is 0.811. The van der Waals surface area contributed by atoms with E-state index in [2.05, 4.69) is 10.4 Å². The first-order valence-corrected chi connectivity index (χ1v) is 8.31. The van der Waals surface area contributed by atoms with Gasteiger partial charge in [-0.05, 0) is 26.0 Å². The number of amides is 3. The Morgan fingerprint density at radius 1 is 1.23 bits per heavy atom. The smallest absolute Gasteiger partial charge is 0.324 e. The Morgan fingerprint density at radius 3 is 2.62 bits per heavy atom. The van der Waals surface area contributed by atoms with Crippen molar-refractivity contribution in [1.82, 2.24) is 20.0 Å². The van der Waals surface area contributed by atoms with Gasteiger partial charge >= 0.3 is 12.0 Å². The van der Waals surface area contributed by atoms with Gasteiger partial charge in [-0.2, -0.15) is 5.10 Å². The third-order valence-corrected chi connectivity index (χ3v) is 4.28. The molecule has 0 saturated carbocycles. The van der Waals surface area contributed by atoms with E-state index in [1.165, 1.54) is 0 Å². The number of aryl methyl sites for hydroxylation is 1. The number of carbonyl (C=O) groups is 3. The van der Waals surface area contributed by atoms with Gasteiger partial charge < -0.3 is 10.1 Å². The average Bonchev–Trinajstić information content (AvgIpc) is 3.18. The van der Waals surface area contributed by atoms with E-state index in [0.717, 1.165) is 27.5 Å². The van der Waals surface area contributed by atoms with Gasteiger partial charge in [0.15, 0.2) is 6.61 Å². The van der Waals surface area contributed by atoms with Gasteiger partial charge in [-0.15, -0.1) is 0 Å². The predicted octanol–water partition coefficient (Wildman–Crippen LogP) is 1.13. The molecule has 8 nitrogen and oxygen atoms in total. The van der Waals surface area contributed by atoms with Crippen LogP contribution in [0.3, 0.4) is 0 Å². The molecule has 0 aliphatic carbocycles. The van der Waals surface area contributed by atoms with E-state index in [9.17, 15) is 14.4 Å². The van der Waals surface area contributed by atoms with E-state index < -0.39 is 24.5 Å². The van der Waals surface area contributed by atoms with Gasteiger partial charge in [0.25, 0.3) is 5.91 Å². The number of imide groups is 1. The number of nitrogens with one attached hydrogen (secondary N) is 1. The number of carbonyl (C=O) groups excluding carboxylic acids is 3. The molecule has 136 valence electrons. The van der Waals surface area contributed by atoms with Crippen LogP contribution in [0.25, 0.3) is 5.69 Å². The van der Waals surface area contributed by atoms with Crippen LogP contribution < -0.4 is 5.32 Å². The van der Waals surface area contributed by atoms with Gasteiger partial charge in [-0.1, -0.05) is 18.2 Å². The molecule has 0 unspecified atom stereocenters. The molecule has 1 aromatic heterocycles. The zero-order valence-electron chi connectivity index (χ0n) is 14.7. The summed E-state index contributed by atoms with van der Waals surface area (Å²) in [5.74, 6) is -1.06. The minimum absolute atomic E-state index is 0.0178. The van der Waals surface area contributed by atoms with E-state index in [0.29, 0.717) is 6.54 Å². The molecule has 1 N–H and O–H groups in total. The normalized spacial score (nSPS) is 13.6. The summed E-state index contributed by atoms with van der Waals surface area (Å²) in [6.45, 7) is 3.97. The Morgan fingerprint density at radius 2 is 1.96 bits per heavy atom. The van der Waals surface area contributed by atoms with E-state index in [1.54, 1.807) is 4.68 Å². The number of hydrogen-bond donors (Lipinski definition) is 1. The molecule has 1 aliphatic rings. The zero-order valence-corrected chi connectivity index (χ0v) is 14.7. The Balaban J connectivity index is 1.64. The lowest BCUT2D eigenvalue weighted by atomic mass is 10.1. The third kappa shape index (κ3) is 3.58. The molecule has 2 aromatic rings. The maximum absolute atomic E-state index is 12.1. The van der Waals surface area contributed by atoms with Gasteiger partial charge in [0.2, 0.25) is 0 Å². The highest BCUT2D eigenvalue weighted by Gasteiger charge is 2.27. The molecule has 2 heterocycles. The van der Waals surface area contributed by atoms with Gasteiger partial charge in [0, 0.05) is 24.3 Å².